The third kappa shape index (κ3) is 4.53. The Labute approximate surface area is 177 Å². The smallest absolute Gasteiger partial charge is 0.246 e. The number of carbonyl (C=O) groups excluding carboxylic acids is 2. The molecule has 2 aromatic carbocycles. The van der Waals surface area contributed by atoms with Crippen LogP contribution >= 0.6 is 0 Å². The molecule has 0 fully saturated rings. The van der Waals surface area contributed by atoms with Crippen molar-refractivity contribution in [2.45, 2.75) is 47.2 Å². The Balaban J connectivity index is 1.95. The van der Waals surface area contributed by atoms with Crippen LogP contribution in [0.4, 0.5) is 5.69 Å². The number of nitrogens with zero attached hydrogens (tertiary/aromatic N) is 3. The quantitative estimate of drug-likeness (QED) is 0.663. The van der Waals surface area contributed by atoms with Gasteiger partial charge in [0.15, 0.2) is 0 Å². The van der Waals surface area contributed by atoms with E-state index in [2.05, 4.69) is 5.32 Å². The standard InChI is InChI=1S/C24H30N4O2/c1-6-27(18-12-8-7-9-13-18)21(29)16-28-20-15-11-10-14-19(20)26-22(28)17(2)25-23(30)24(3,4)5/h7-15,17H,6,16H2,1-5H3,(H,25,30). The van der Waals surface area contributed by atoms with Crippen molar-refractivity contribution < 1.29 is 9.59 Å². The number of likely N-dealkylation sites (N-methyl/N-ethyl adjacent to an activating group) is 1. The van der Waals surface area contributed by atoms with Crippen molar-refractivity contribution in [3.8, 4) is 0 Å². The predicted octanol–water partition coefficient (Wildman–Crippen LogP) is 4.31. The van der Waals surface area contributed by atoms with Crippen LogP contribution in [-0.4, -0.2) is 27.9 Å². The molecule has 3 aromatic rings. The highest BCUT2D eigenvalue weighted by Crippen LogP contribution is 2.23. The maximum Gasteiger partial charge on any atom is 0.246 e. The number of aromatic nitrogens is 2. The van der Waals surface area contributed by atoms with Gasteiger partial charge < -0.3 is 14.8 Å². The van der Waals surface area contributed by atoms with Crippen LogP contribution in [-0.2, 0) is 16.1 Å². The van der Waals surface area contributed by atoms with E-state index in [1.807, 2.05) is 93.8 Å². The number of hydrogen-bond acceptors (Lipinski definition) is 3. The van der Waals surface area contributed by atoms with Crippen LogP contribution in [0, 0.1) is 5.41 Å². The van der Waals surface area contributed by atoms with Crippen molar-refractivity contribution in [3.63, 3.8) is 0 Å². The summed E-state index contributed by atoms with van der Waals surface area (Å²) in [4.78, 5) is 32.2. The summed E-state index contributed by atoms with van der Waals surface area (Å²) < 4.78 is 1.91. The molecule has 0 radical (unpaired) electrons. The maximum atomic E-state index is 13.2. The normalized spacial score (nSPS) is 12.6. The molecule has 0 aliphatic carbocycles. The van der Waals surface area contributed by atoms with E-state index in [0.717, 1.165) is 16.7 Å². The number of benzene rings is 2. The number of rotatable bonds is 6. The van der Waals surface area contributed by atoms with Crippen molar-refractivity contribution in [1.82, 2.24) is 14.9 Å². The highest BCUT2D eigenvalue weighted by Gasteiger charge is 2.26. The van der Waals surface area contributed by atoms with Crippen LogP contribution in [0.1, 0.15) is 46.5 Å². The molecular formula is C24H30N4O2. The molecule has 1 N–H and O–H groups in total. The van der Waals surface area contributed by atoms with E-state index in [-0.39, 0.29) is 24.4 Å². The average Bonchev–Trinajstić information content (AvgIpc) is 3.07. The molecular weight excluding hydrogens is 376 g/mol. The van der Waals surface area contributed by atoms with Crippen LogP contribution < -0.4 is 10.2 Å². The molecule has 0 bridgehead atoms. The van der Waals surface area contributed by atoms with Gasteiger partial charge in [0, 0.05) is 17.6 Å². The molecule has 0 aliphatic rings. The first-order chi connectivity index (χ1) is 14.2. The summed E-state index contributed by atoms with van der Waals surface area (Å²) in [6, 6.07) is 17.0. The maximum absolute atomic E-state index is 13.2. The first kappa shape index (κ1) is 21.6. The molecule has 30 heavy (non-hydrogen) atoms. The summed E-state index contributed by atoms with van der Waals surface area (Å²) in [5.74, 6) is 0.591. The molecule has 158 valence electrons. The van der Waals surface area contributed by atoms with Crippen molar-refractivity contribution >= 4 is 28.5 Å². The van der Waals surface area contributed by atoms with E-state index in [1.165, 1.54) is 0 Å². The molecule has 1 atom stereocenters. The summed E-state index contributed by atoms with van der Waals surface area (Å²) in [6.45, 7) is 10.2. The number of fused-ring (bicyclic) bond motifs is 1. The Bertz CT molecular complexity index is 1030. The SMILES string of the molecule is CCN(C(=O)Cn1c(C(C)NC(=O)C(C)(C)C)nc2ccccc21)c1ccccc1. The Morgan fingerprint density at radius 1 is 1.07 bits per heavy atom. The minimum atomic E-state index is -0.507. The summed E-state index contributed by atoms with van der Waals surface area (Å²) >= 11 is 0. The van der Waals surface area contributed by atoms with Gasteiger partial charge in [-0.25, -0.2) is 4.98 Å². The van der Waals surface area contributed by atoms with E-state index < -0.39 is 5.41 Å². The molecule has 3 rings (SSSR count). The molecule has 0 saturated carbocycles. The number of amides is 2. The molecule has 2 amide bonds. The van der Waals surface area contributed by atoms with Gasteiger partial charge in [0.05, 0.1) is 17.1 Å². The summed E-state index contributed by atoms with van der Waals surface area (Å²) in [7, 11) is 0. The summed E-state index contributed by atoms with van der Waals surface area (Å²) in [6.07, 6.45) is 0. The average molecular weight is 407 g/mol. The fraction of sp³-hybridized carbons (Fsp3) is 0.375. The number of nitrogens with one attached hydrogen (secondary N) is 1. The second-order valence-corrected chi connectivity index (χ2v) is 8.46. The van der Waals surface area contributed by atoms with Gasteiger partial charge in [-0.05, 0) is 38.1 Å². The van der Waals surface area contributed by atoms with Crippen LogP contribution in [0.5, 0.6) is 0 Å². The molecule has 0 spiro atoms. The number of carbonyl (C=O) groups is 2. The van der Waals surface area contributed by atoms with E-state index in [4.69, 9.17) is 4.98 Å². The van der Waals surface area contributed by atoms with Gasteiger partial charge in [-0.1, -0.05) is 51.1 Å². The van der Waals surface area contributed by atoms with Gasteiger partial charge >= 0.3 is 0 Å². The second kappa shape index (κ2) is 8.69. The van der Waals surface area contributed by atoms with Gasteiger partial charge in [-0.15, -0.1) is 0 Å². The molecule has 1 aromatic heterocycles. The molecule has 1 unspecified atom stereocenters. The van der Waals surface area contributed by atoms with E-state index in [0.29, 0.717) is 12.4 Å². The fourth-order valence-electron chi connectivity index (χ4n) is 3.40. The number of imidazole rings is 1. The number of para-hydroxylation sites is 3. The van der Waals surface area contributed by atoms with Crippen molar-refractivity contribution in [2.75, 3.05) is 11.4 Å². The van der Waals surface area contributed by atoms with Gasteiger partial charge in [-0.2, -0.15) is 0 Å². The zero-order valence-corrected chi connectivity index (χ0v) is 18.3. The Morgan fingerprint density at radius 3 is 2.33 bits per heavy atom. The number of hydrogen-bond donors (Lipinski definition) is 1. The number of anilines is 1. The Hall–Kier alpha value is -3.15. The van der Waals surface area contributed by atoms with Gasteiger partial charge in [-0.3, -0.25) is 9.59 Å². The highest BCUT2D eigenvalue weighted by molar-refractivity contribution is 5.94. The molecule has 0 aliphatic heterocycles. The van der Waals surface area contributed by atoms with Gasteiger partial charge in [0.2, 0.25) is 11.8 Å². The van der Waals surface area contributed by atoms with Crippen LogP contribution in [0.3, 0.4) is 0 Å². The van der Waals surface area contributed by atoms with Crippen LogP contribution in [0.25, 0.3) is 11.0 Å². The first-order valence-electron chi connectivity index (χ1n) is 10.3. The summed E-state index contributed by atoms with van der Waals surface area (Å²) in [5, 5.41) is 3.04. The van der Waals surface area contributed by atoms with E-state index in [9.17, 15) is 9.59 Å². The van der Waals surface area contributed by atoms with Crippen LogP contribution in [0.2, 0.25) is 0 Å². The lowest BCUT2D eigenvalue weighted by molar-refractivity contribution is -0.129. The Morgan fingerprint density at radius 2 is 1.70 bits per heavy atom. The molecule has 0 saturated heterocycles. The zero-order valence-electron chi connectivity index (χ0n) is 18.3. The van der Waals surface area contributed by atoms with Gasteiger partial charge in [0.1, 0.15) is 12.4 Å². The van der Waals surface area contributed by atoms with Gasteiger partial charge in [0.25, 0.3) is 0 Å². The monoisotopic (exact) mass is 406 g/mol. The highest BCUT2D eigenvalue weighted by atomic mass is 16.2. The topological polar surface area (TPSA) is 67.2 Å². The lowest BCUT2D eigenvalue weighted by Crippen LogP contribution is -2.38. The van der Waals surface area contributed by atoms with Crippen molar-refractivity contribution in [2.24, 2.45) is 5.41 Å². The zero-order chi connectivity index (χ0) is 21.9. The van der Waals surface area contributed by atoms with Crippen molar-refractivity contribution in [3.05, 3.63) is 60.4 Å². The lowest BCUT2D eigenvalue weighted by Gasteiger charge is -2.24. The molecule has 6 heteroatoms. The molecule has 1 heterocycles. The molecule has 6 nitrogen and oxygen atoms in total. The predicted molar refractivity (Wildman–Crippen MR) is 120 cm³/mol. The van der Waals surface area contributed by atoms with E-state index in [1.54, 1.807) is 4.90 Å². The third-order valence-corrected chi connectivity index (χ3v) is 5.08. The lowest BCUT2D eigenvalue weighted by atomic mass is 9.95. The summed E-state index contributed by atoms with van der Waals surface area (Å²) in [5.41, 5.74) is 2.04. The second-order valence-electron chi connectivity index (χ2n) is 8.46. The largest absolute Gasteiger partial charge is 0.346 e. The van der Waals surface area contributed by atoms with Crippen LogP contribution in [0.15, 0.2) is 54.6 Å². The fourth-order valence-corrected chi connectivity index (χ4v) is 3.40. The minimum absolute atomic E-state index is 0.0255. The first-order valence-corrected chi connectivity index (χ1v) is 10.3. The minimum Gasteiger partial charge on any atom is -0.346 e. The van der Waals surface area contributed by atoms with Crippen molar-refractivity contribution in [1.29, 1.82) is 0 Å². The Kier molecular flexibility index (Phi) is 6.25. The third-order valence-electron chi connectivity index (χ3n) is 5.08. The van der Waals surface area contributed by atoms with E-state index >= 15 is 0 Å².